The fourth-order valence-electron chi connectivity index (χ4n) is 2.52. The smallest absolute Gasteiger partial charge is 0.107 e. The molecule has 1 aromatic carbocycles. The van der Waals surface area contributed by atoms with Crippen LogP contribution in [0.15, 0.2) is 55.0 Å². The van der Waals surface area contributed by atoms with Gasteiger partial charge in [-0.3, -0.25) is 9.97 Å². The Morgan fingerprint density at radius 2 is 1.90 bits per heavy atom. The highest BCUT2D eigenvalue weighted by molar-refractivity contribution is 5.82. The molecule has 0 saturated heterocycles. The number of fused-ring (bicyclic) bond motifs is 1. The Morgan fingerprint density at radius 1 is 1.05 bits per heavy atom. The summed E-state index contributed by atoms with van der Waals surface area (Å²) in [6, 6.07) is 11.7. The van der Waals surface area contributed by atoms with Crippen molar-refractivity contribution in [3.05, 3.63) is 71.7 Å². The predicted octanol–water partition coefficient (Wildman–Crippen LogP) is 3.27. The third kappa shape index (κ3) is 2.17. The van der Waals surface area contributed by atoms with Crippen LogP contribution in [-0.4, -0.2) is 15.1 Å². The largest absolute Gasteiger partial charge is 0.384 e. The Hall–Kier alpha value is -2.26. The summed E-state index contributed by atoms with van der Waals surface area (Å²) in [6.07, 6.45) is 5.46. The molecule has 0 amide bonds. The maximum absolute atomic E-state index is 10.7. The summed E-state index contributed by atoms with van der Waals surface area (Å²) >= 11 is 0. The van der Waals surface area contributed by atoms with Gasteiger partial charge in [0.1, 0.15) is 6.10 Å². The molecular formula is C17H16N2O. The van der Waals surface area contributed by atoms with Crippen LogP contribution in [0.4, 0.5) is 0 Å². The lowest BCUT2D eigenvalue weighted by Crippen LogP contribution is -2.05. The zero-order valence-electron chi connectivity index (χ0n) is 11.3. The molecule has 0 saturated carbocycles. The molecule has 20 heavy (non-hydrogen) atoms. The van der Waals surface area contributed by atoms with Gasteiger partial charge in [0.2, 0.25) is 0 Å². The van der Waals surface area contributed by atoms with Gasteiger partial charge in [0.05, 0.1) is 5.52 Å². The Balaban J connectivity index is 2.15. The number of aliphatic hydroxyl groups excluding tert-OH is 1. The van der Waals surface area contributed by atoms with Crippen molar-refractivity contribution in [3.63, 3.8) is 0 Å². The highest BCUT2D eigenvalue weighted by atomic mass is 16.3. The number of nitrogens with zero attached hydrogens (tertiary/aromatic N) is 2. The summed E-state index contributed by atoms with van der Waals surface area (Å²) < 4.78 is 0. The van der Waals surface area contributed by atoms with E-state index in [9.17, 15) is 5.11 Å². The molecule has 3 aromatic rings. The minimum absolute atomic E-state index is 0.674. The molecule has 1 unspecified atom stereocenters. The monoisotopic (exact) mass is 264 g/mol. The highest BCUT2D eigenvalue weighted by Gasteiger charge is 2.16. The average molecular weight is 264 g/mol. The summed E-state index contributed by atoms with van der Waals surface area (Å²) in [6.45, 7) is 2.06. The Bertz CT molecular complexity index is 734. The van der Waals surface area contributed by atoms with Crippen LogP contribution in [0.3, 0.4) is 0 Å². The molecule has 0 aliphatic carbocycles. The second-order valence-corrected chi connectivity index (χ2v) is 4.75. The molecule has 1 N–H and O–H groups in total. The number of rotatable bonds is 3. The molecule has 1 atom stereocenters. The van der Waals surface area contributed by atoms with Gasteiger partial charge in [-0.05, 0) is 29.7 Å². The third-order valence-electron chi connectivity index (χ3n) is 3.58. The van der Waals surface area contributed by atoms with Gasteiger partial charge in [0.25, 0.3) is 0 Å². The van der Waals surface area contributed by atoms with Crippen molar-refractivity contribution in [3.8, 4) is 0 Å². The first-order chi connectivity index (χ1) is 9.81. The number of hydrogen-bond acceptors (Lipinski definition) is 3. The fraction of sp³-hybridized carbons (Fsp3) is 0.176. The van der Waals surface area contributed by atoms with Gasteiger partial charge < -0.3 is 5.11 Å². The standard InChI is InChI=1S/C17H16N2O/c1-2-12-11-18-10-8-14(12)17(20)15-7-3-5-13-6-4-9-19-16(13)15/h3-11,17,20H,2H2,1H3. The summed E-state index contributed by atoms with van der Waals surface area (Å²) in [5.41, 5.74) is 3.65. The van der Waals surface area contributed by atoms with Gasteiger partial charge in [-0.1, -0.05) is 31.2 Å². The van der Waals surface area contributed by atoms with E-state index in [1.807, 2.05) is 42.6 Å². The van der Waals surface area contributed by atoms with Crippen molar-refractivity contribution in [1.29, 1.82) is 0 Å². The van der Waals surface area contributed by atoms with Gasteiger partial charge in [-0.15, -0.1) is 0 Å². The summed E-state index contributed by atoms with van der Waals surface area (Å²) in [7, 11) is 0. The minimum atomic E-state index is -0.674. The lowest BCUT2D eigenvalue weighted by atomic mass is 9.95. The second kappa shape index (κ2) is 5.39. The van der Waals surface area contributed by atoms with E-state index in [4.69, 9.17) is 0 Å². The van der Waals surface area contributed by atoms with Crippen molar-refractivity contribution >= 4 is 10.9 Å². The number of para-hydroxylation sites is 1. The molecule has 100 valence electrons. The van der Waals surface area contributed by atoms with Crippen molar-refractivity contribution in [2.75, 3.05) is 0 Å². The normalized spacial score (nSPS) is 12.5. The fourth-order valence-corrected chi connectivity index (χ4v) is 2.52. The Morgan fingerprint density at radius 3 is 2.75 bits per heavy atom. The van der Waals surface area contributed by atoms with Gasteiger partial charge in [0, 0.05) is 29.5 Å². The second-order valence-electron chi connectivity index (χ2n) is 4.75. The molecule has 0 aliphatic rings. The molecule has 0 spiro atoms. The number of aromatic nitrogens is 2. The van der Waals surface area contributed by atoms with Gasteiger partial charge in [0.15, 0.2) is 0 Å². The van der Waals surface area contributed by atoms with Crippen LogP contribution in [-0.2, 0) is 6.42 Å². The first-order valence-electron chi connectivity index (χ1n) is 6.75. The summed E-state index contributed by atoms with van der Waals surface area (Å²) in [4.78, 5) is 8.54. The van der Waals surface area contributed by atoms with Crippen molar-refractivity contribution < 1.29 is 5.11 Å². The van der Waals surface area contributed by atoms with Crippen molar-refractivity contribution in [1.82, 2.24) is 9.97 Å². The molecule has 0 aliphatic heterocycles. The van der Waals surface area contributed by atoms with Crippen LogP contribution in [0.5, 0.6) is 0 Å². The first-order valence-corrected chi connectivity index (χ1v) is 6.75. The van der Waals surface area contributed by atoms with Gasteiger partial charge >= 0.3 is 0 Å². The molecule has 3 rings (SSSR count). The van der Waals surface area contributed by atoms with E-state index in [0.717, 1.165) is 34.0 Å². The molecule has 3 nitrogen and oxygen atoms in total. The quantitative estimate of drug-likeness (QED) is 0.789. The topological polar surface area (TPSA) is 46.0 Å². The average Bonchev–Trinajstić information content (AvgIpc) is 2.53. The van der Waals surface area contributed by atoms with E-state index in [2.05, 4.69) is 16.9 Å². The first kappa shape index (κ1) is 12.8. The van der Waals surface area contributed by atoms with Crippen LogP contribution in [0, 0.1) is 0 Å². The van der Waals surface area contributed by atoms with E-state index >= 15 is 0 Å². The van der Waals surface area contributed by atoms with E-state index in [-0.39, 0.29) is 0 Å². The van der Waals surface area contributed by atoms with E-state index < -0.39 is 6.10 Å². The molecule has 2 aromatic heterocycles. The predicted molar refractivity (Wildman–Crippen MR) is 79.4 cm³/mol. The van der Waals surface area contributed by atoms with E-state index in [1.165, 1.54) is 0 Å². The minimum Gasteiger partial charge on any atom is -0.384 e. The van der Waals surface area contributed by atoms with Crippen LogP contribution < -0.4 is 0 Å². The van der Waals surface area contributed by atoms with Gasteiger partial charge in [-0.25, -0.2) is 0 Å². The molecule has 2 heterocycles. The van der Waals surface area contributed by atoms with Crippen LogP contribution >= 0.6 is 0 Å². The van der Waals surface area contributed by atoms with Crippen LogP contribution in [0.2, 0.25) is 0 Å². The van der Waals surface area contributed by atoms with E-state index in [1.54, 1.807) is 12.4 Å². The molecule has 0 bridgehead atoms. The lowest BCUT2D eigenvalue weighted by Gasteiger charge is -2.16. The number of pyridine rings is 2. The number of benzene rings is 1. The lowest BCUT2D eigenvalue weighted by molar-refractivity contribution is 0.220. The number of aliphatic hydroxyl groups is 1. The number of aryl methyl sites for hydroxylation is 1. The van der Waals surface area contributed by atoms with Gasteiger partial charge in [-0.2, -0.15) is 0 Å². The molecule has 3 heteroatoms. The summed E-state index contributed by atoms with van der Waals surface area (Å²) in [5, 5.41) is 11.8. The zero-order chi connectivity index (χ0) is 13.9. The maximum Gasteiger partial charge on any atom is 0.107 e. The van der Waals surface area contributed by atoms with Crippen LogP contribution in [0.1, 0.15) is 29.7 Å². The van der Waals surface area contributed by atoms with E-state index in [0.29, 0.717) is 0 Å². The number of hydrogen-bond donors (Lipinski definition) is 1. The molecule has 0 radical (unpaired) electrons. The Labute approximate surface area is 117 Å². The SMILES string of the molecule is CCc1cnccc1C(O)c1cccc2cccnc12. The van der Waals surface area contributed by atoms with Crippen LogP contribution in [0.25, 0.3) is 10.9 Å². The van der Waals surface area contributed by atoms with Crippen molar-refractivity contribution in [2.45, 2.75) is 19.4 Å². The molecular weight excluding hydrogens is 248 g/mol. The maximum atomic E-state index is 10.7. The third-order valence-corrected chi connectivity index (χ3v) is 3.58. The highest BCUT2D eigenvalue weighted by Crippen LogP contribution is 2.29. The Kier molecular flexibility index (Phi) is 3.44. The zero-order valence-corrected chi connectivity index (χ0v) is 11.3. The summed E-state index contributed by atoms with van der Waals surface area (Å²) in [5.74, 6) is 0. The molecule has 0 fully saturated rings. The van der Waals surface area contributed by atoms with Crippen molar-refractivity contribution in [2.24, 2.45) is 0 Å².